The second-order valence-electron chi connectivity index (χ2n) is 7.96. The molecule has 0 atom stereocenters. The van der Waals surface area contributed by atoms with Gasteiger partial charge in [-0.25, -0.2) is 13.2 Å². The zero-order chi connectivity index (χ0) is 23.2. The van der Waals surface area contributed by atoms with E-state index in [1.54, 1.807) is 0 Å². The van der Waals surface area contributed by atoms with Gasteiger partial charge in [0.2, 0.25) is 0 Å². The van der Waals surface area contributed by atoms with E-state index in [2.05, 4.69) is 6.58 Å². The molecule has 0 spiro atoms. The monoisotopic (exact) mass is 461 g/mol. The molecule has 1 fully saturated rings. The molecule has 0 amide bonds. The van der Waals surface area contributed by atoms with Gasteiger partial charge in [-0.15, -0.1) is 0 Å². The van der Waals surface area contributed by atoms with E-state index in [1.807, 2.05) is 13.8 Å². The summed E-state index contributed by atoms with van der Waals surface area (Å²) in [6, 6.07) is 0. The first-order chi connectivity index (χ1) is 13.7. The van der Waals surface area contributed by atoms with Gasteiger partial charge in [0.15, 0.2) is 10.1 Å². The van der Waals surface area contributed by atoms with E-state index in [0.717, 1.165) is 32.1 Å². The quantitative estimate of drug-likeness (QED) is 0.141. The van der Waals surface area contributed by atoms with Crippen molar-refractivity contribution in [1.29, 1.82) is 0 Å². The molecule has 6 nitrogen and oxygen atoms in total. The second-order valence-corrected chi connectivity index (χ2v) is 9.38. The van der Waals surface area contributed by atoms with E-state index >= 15 is 0 Å². The Morgan fingerprint density at radius 1 is 1.13 bits per heavy atom. The number of ether oxygens (including phenoxy) is 2. The van der Waals surface area contributed by atoms with Crippen LogP contribution < -0.4 is 0 Å². The van der Waals surface area contributed by atoms with Crippen LogP contribution in [0.2, 0.25) is 0 Å². The summed E-state index contributed by atoms with van der Waals surface area (Å²) in [5.41, 5.74) is -0.494. The highest BCUT2D eigenvalue weighted by Gasteiger charge is 2.60. The third kappa shape index (κ3) is 6.65. The molecule has 1 saturated carbocycles. The van der Waals surface area contributed by atoms with E-state index in [-0.39, 0.29) is 31.1 Å². The first kappa shape index (κ1) is 26.8. The van der Waals surface area contributed by atoms with E-state index in [4.69, 9.17) is 9.47 Å². The molecule has 30 heavy (non-hydrogen) atoms. The Bertz CT molecular complexity index is 700. The number of esters is 1. The van der Waals surface area contributed by atoms with Crippen LogP contribution in [-0.2, 0) is 24.4 Å². The molecular formula is C19H29F4O6S-. The number of hydrogen-bond acceptors (Lipinski definition) is 6. The van der Waals surface area contributed by atoms with Crippen LogP contribution in [0.4, 0.5) is 17.6 Å². The van der Waals surface area contributed by atoms with Gasteiger partial charge >= 0.3 is 17.1 Å². The van der Waals surface area contributed by atoms with E-state index in [1.165, 1.54) is 0 Å². The normalized spacial score (nSPS) is 17.7. The highest BCUT2D eigenvalue weighted by atomic mass is 32.2. The molecule has 0 N–H and O–H groups in total. The van der Waals surface area contributed by atoms with Gasteiger partial charge in [-0.3, -0.25) is 0 Å². The van der Waals surface area contributed by atoms with E-state index in [9.17, 15) is 35.3 Å². The Balaban J connectivity index is 2.39. The lowest BCUT2D eigenvalue weighted by Gasteiger charge is -2.40. The molecule has 176 valence electrons. The topological polar surface area (TPSA) is 92.7 Å². The summed E-state index contributed by atoms with van der Waals surface area (Å²) in [6.45, 7) is 7.21. The van der Waals surface area contributed by atoms with Crippen molar-refractivity contribution in [2.75, 3.05) is 13.2 Å². The van der Waals surface area contributed by atoms with Gasteiger partial charge in [-0.05, 0) is 44.4 Å². The Labute approximate surface area is 174 Å². The first-order valence-electron chi connectivity index (χ1n) is 9.86. The van der Waals surface area contributed by atoms with Crippen LogP contribution in [0.25, 0.3) is 0 Å². The molecule has 1 aliphatic rings. The molecule has 0 radical (unpaired) electrons. The number of carbonyl (C=O) groups is 1. The lowest BCUT2D eigenvalue weighted by atomic mass is 9.77. The summed E-state index contributed by atoms with van der Waals surface area (Å²) >= 11 is 0. The number of rotatable bonds is 12. The maximum absolute atomic E-state index is 13.3. The maximum Gasteiger partial charge on any atom is 0.396 e. The maximum atomic E-state index is 13.3. The molecule has 1 aliphatic carbocycles. The molecule has 0 heterocycles. The van der Waals surface area contributed by atoms with Crippen LogP contribution in [-0.4, -0.2) is 48.9 Å². The number of unbranched alkanes of at least 4 members (excludes halogenated alkanes) is 1. The van der Waals surface area contributed by atoms with Gasteiger partial charge in [0.05, 0.1) is 12.2 Å². The molecular weight excluding hydrogens is 432 g/mol. The molecule has 0 aromatic heterocycles. The fourth-order valence-corrected chi connectivity index (χ4v) is 3.81. The molecule has 11 heteroatoms. The highest BCUT2D eigenvalue weighted by Crippen LogP contribution is 2.41. The predicted molar refractivity (Wildman–Crippen MR) is 100 cm³/mol. The van der Waals surface area contributed by atoms with Crippen molar-refractivity contribution >= 4 is 16.1 Å². The van der Waals surface area contributed by atoms with Gasteiger partial charge in [0, 0.05) is 13.0 Å². The van der Waals surface area contributed by atoms with Crippen LogP contribution >= 0.6 is 0 Å². The van der Waals surface area contributed by atoms with Gasteiger partial charge in [0.1, 0.15) is 5.60 Å². The zero-order valence-corrected chi connectivity index (χ0v) is 18.0. The number of hydrogen-bond donors (Lipinski definition) is 0. The Kier molecular flexibility index (Phi) is 9.31. The molecule has 0 saturated heterocycles. The van der Waals surface area contributed by atoms with Crippen LogP contribution in [0.3, 0.4) is 0 Å². The minimum Gasteiger partial charge on any atom is -0.743 e. The van der Waals surface area contributed by atoms with Crippen molar-refractivity contribution in [2.45, 2.75) is 82.0 Å². The fourth-order valence-electron chi connectivity index (χ4n) is 3.34. The zero-order valence-electron chi connectivity index (χ0n) is 17.2. The smallest absolute Gasteiger partial charge is 0.396 e. The molecule has 0 unspecified atom stereocenters. The van der Waals surface area contributed by atoms with Crippen LogP contribution in [0.15, 0.2) is 12.2 Å². The van der Waals surface area contributed by atoms with Crippen LogP contribution in [0, 0.1) is 5.92 Å². The van der Waals surface area contributed by atoms with Crippen LogP contribution in [0.1, 0.15) is 65.2 Å². The van der Waals surface area contributed by atoms with Crippen LogP contribution in [0.5, 0.6) is 0 Å². The molecule has 0 aromatic carbocycles. The predicted octanol–water partition coefficient (Wildman–Crippen LogP) is 4.40. The summed E-state index contributed by atoms with van der Waals surface area (Å²) < 4.78 is 94.5. The van der Waals surface area contributed by atoms with Crippen molar-refractivity contribution in [1.82, 2.24) is 0 Å². The van der Waals surface area contributed by atoms with Crippen molar-refractivity contribution in [3.8, 4) is 0 Å². The first-order valence-corrected chi connectivity index (χ1v) is 11.3. The molecule has 0 bridgehead atoms. The summed E-state index contributed by atoms with van der Waals surface area (Å²) in [5, 5.41) is -5.68. The second kappa shape index (κ2) is 10.4. The summed E-state index contributed by atoms with van der Waals surface area (Å²) in [5.74, 6) is -5.45. The van der Waals surface area contributed by atoms with Gasteiger partial charge in [0.25, 0.3) is 0 Å². The van der Waals surface area contributed by atoms with Crippen molar-refractivity contribution < 1.29 is 44.8 Å². The molecule has 0 aliphatic heterocycles. The minimum atomic E-state index is -6.48. The highest BCUT2D eigenvalue weighted by molar-refractivity contribution is 7.86. The lowest BCUT2D eigenvalue weighted by molar-refractivity contribution is -0.165. The Hall–Kier alpha value is -1.20. The van der Waals surface area contributed by atoms with Crippen molar-refractivity contribution in [3.05, 3.63) is 12.2 Å². The largest absolute Gasteiger partial charge is 0.743 e. The Morgan fingerprint density at radius 3 is 2.20 bits per heavy atom. The average molecular weight is 461 g/mol. The SMILES string of the molecule is C=C(COCCCCC(F)(F)C(F)(F)S(=O)(=O)[O-])C(=O)OC1(C(C)C)CCCCC1. The summed E-state index contributed by atoms with van der Waals surface area (Å²) in [6.07, 6.45) is 2.43. The minimum absolute atomic E-state index is 0.0508. The number of carbonyl (C=O) groups excluding carboxylic acids is 1. The van der Waals surface area contributed by atoms with Gasteiger partial charge < -0.3 is 14.0 Å². The average Bonchev–Trinajstić information content (AvgIpc) is 2.63. The number of alkyl halides is 4. The van der Waals surface area contributed by atoms with Crippen molar-refractivity contribution in [2.24, 2.45) is 5.92 Å². The number of halogens is 4. The third-order valence-corrected chi connectivity index (χ3v) is 6.31. The summed E-state index contributed by atoms with van der Waals surface area (Å²) in [7, 11) is -6.48. The lowest BCUT2D eigenvalue weighted by Crippen LogP contribution is -2.46. The molecule has 0 aromatic rings. The summed E-state index contributed by atoms with van der Waals surface area (Å²) in [4.78, 5) is 12.3. The Morgan fingerprint density at radius 2 is 1.70 bits per heavy atom. The molecule has 1 rings (SSSR count). The van der Waals surface area contributed by atoms with E-state index in [0.29, 0.717) is 0 Å². The van der Waals surface area contributed by atoms with E-state index < -0.39 is 45.7 Å². The van der Waals surface area contributed by atoms with Gasteiger partial charge in [-0.1, -0.05) is 26.8 Å². The van der Waals surface area contributed by atoms with Gasteiger partial charge in [-0.2, -0.15) is 17.6 Å². The standard InChI is InChI=1S/C19H30F4O6S/c1-14(2)17(9-5-4-6-10-17)29-16(24)15(3)13-28-12-8-7-11-18(20,21)19(22,23)30(25,26)27/h14H,3-13H2,1-2H3,(H,25,26,27)/p-1. The fraction of sp³-hybridized carbons (Fsp3) is 0.842. The third-order valence-electron chi connectivity index (χ3n) is 5.38. The van der Waals surface area contributed by atoms with Crippen molar-refractivity contribution in [3.63, 3.8) is 0 Å².